The average Bonchev–Trinajstić information content (AvgIpc) is 2.63. The van der Waals surface area contributed by atoms with Crippen molar-refractivity contribution >= 4 is 37.7 Å². The standard InChI is InChI=1S/C12H13Br2N3/c1-8(17-12(15)11(14)7-16-17)6-9-2-4-10(13)5-3-9/h2-5,7-8H,6,15H2,1H3. The molecule has 5 heteroatoms. The Morgan fingerprint density at radius 2 is 1.94 bits per heavy atom. The molecule has 1 aromatic carbocycles. The summed E-state index contributed by atoms with van der Waals surface area (Å²) >= 11 is 6.79. The molecule has 1 aromatic heterocycles. The molecule has 0 fully saturated rings. The number of benzene rings is 1. The quantitative estimate of drug-likeness (QED) is 0.906. The first-order valence-corrected chi connectivity index (χ1v) is 6.89. The van der Waals surface area contributed by atoms with Crippen LogP contribution in [0.2, 0.25) is 0 Å². The van der Waals surface area contributed by atoms with Crippen LogP contribution in [-0.4, -0.2) is 9.78 Å². The van der Waals surface area contributed by atoms with Crippen LogP contribution in [0.15, 0.2) is 39.4 Å². The van der Waals surface area contributed by atoms with Gasteiger partial charge in [-0.25, -0.2) is 4.68 Å². The number of aromatic nitrogens is 2. The highest BCUT2D eigenvalue weighted by molar-refractivity contribution is 9.10. The molecule has 2 N–H and O–H groups in total. The summed E-state index contributed by atoms with van der Waals surface area (Å²) in [5, 5.41) is 4.26. The van der Waals surface area contributed by atoms with Crippen LogP contribution >= 0.6 is 31.9 Å². The lowest BCUT2D eigenvalue weighted by Gasteiger charge is -2.14. The lowest BCUT2D eigenvalue weighted by molar-refractivity contribution is 0.496. The minimum Gasteiger partial charge on any atom is -0.383 e. The summed E-state index contributed by atoms with van der Waals surface area (Å²) in [6, 6.07) is 8.54. The van der Waals surface area contributed by atoms with E-state index in [1.165, 1.54) is 5.56 Å². The molecule has 3 nitrogen and oxygen atoms in total. The highest BCUT2D eigenvalue weighted by atomic mass is 79.9. The van der Waals surface area contributed by atoms with E-state index in [-0.39, 0.29) is 6.04 Å². The molecule has 1 atom stereocenters. The van der Waals surface area contributed by atoms with Crippen molar-refractivity contribution in [2.45, 2.75) is 19.4 Å². The van der Waals surface area contributed by atoms with E-state index in [9.17, 15) is 0 Å². The summed E-state index contributed by atoms with van der Waals surface area (Å²) in [4.78, 5) is 0. The Labute approximate surface area is 117 Å². The number of halogens is 2. The largest absolute Gasteiger partial charge is 0.383 e. The maximum atomic E-state index is 5.93. The number of nitrogens with two attached hydrogens (primary N) is 1. The Kier molecular flexibility index (Phi) is 3.89. The van der Waals surface area contributed by atoms with Gasteiger partial charge in [-0.1, -0.05) is 28.1 Å². The molecule has 0 aliphatic heterocycles. The molecular weight excluding hydrogens is 346 g/mol. The van der Waals surface area contributed by atoms with Gasteiger partial charge in [0, 0.05) is 4.47 Å². The number of rotatable bonds is 3. The van der Waals surface area contributed by atoms with Gasteiger partial charge in [0.2, 0.25) is 0 Å². The van der Waals surface area contributed by atoms with E-state index in [4.69, 9.17) is 5.73 Å². The zero-order chi connectivity index (χ0) is 12.4. The van der Waals surface area contributed by atoms with Crippen LogP contribution in [0.4, 0.5) is 5.82 Å². The third-order valence-electron chi connectivity index (χ3n) is 2.65. The van der Waals surface area contributed by atoms with Gasteiger partial charge in [0.25, 0.3) is 0 Å². The molecule has 90 valence electrons. The third kappa shape index (κ3) is 2.90. The van der Waals surface area contributed by atoms with Crippen molar-refractivity contribution < 1.29 is 0 Å². The van der Waals surface area contributed by atoms with Gasteiger partial charge in [0.05, 0.1) is 16.7 Å². The maximum absolute atomic E-state index is 5.93. The fourth-order valence-corrected chi connectivity index (χ4v) is 2.29. The number of hydrogen-bond acceptors (Lipinski definition) is 2. The Hall–Kier alpha value is -0.810. The molecule has 0 saturated carbocycles. The summed E-state index contributed by atoms with van der Waals surface area (Å²) in [5.74, 6) is 0.676. The molecule has 0 aliphatic rings. The van der Waals surface area contributed by atoms with E-state index in [1.807, 2.05) is 16.8 Å². The molecular formula is C12H13Br2N3. The van der Waals surface area contributed by atoms with Crippen LogP contribution in [0.1, 0.15) is 18.5 Å². The van der Waals surface area contributed by atoms with Crippen molar-refractivity contribution in [3.63, 3.8) is 0 Å². The number of anilines is 1. The second-order valence-corrected chi connectivity index (χ2v) is 5.77. The number of nitrogen functional groups attached to an aromatic ring is 1. The van der Waals surface area contributed by atoms with Crippen LogP contribution < -0.4 is 5.73 Å². The van der Waals surface area contributed by atoms with Crippen molar-refractivity contribution in [3.05, 3.63) is 45.0 Å². The summed E-state index contributed by atoms with van der Waals surface area (Å²) < 4.78 is 3.78. The van der Waals surface area contributed by atoms with Crippen molar-refractivity contribution in [2.75, 3.05) is 5.73 Å². The van der Waals surface area contributed by atoms with E-state index in [0.29, 0.717) is 5.82 Å². The minimum absolute atomic E-state index is 0.238. The van der Waals surface area contributed by atoms with Gasteiger partial charge in [-0.3, -0.25) is 0 Å². The van der Waals surface area contributed by atoms with Gasteiger partial charge in [-0.05, 0) is 47.0 Å². The second kappa shape index (κ2) is 5.23. The topological polar surface area (TPSA) is 43.8 Å². The fourth-order valence-electron chi connectivity index (χ4n) is 1.75. The summed E-state index contributed by atoms with van der Waals surface area (Å²) in [6.45, 7) is 2.11. The van der Waals surface area contributed by atoms with Crippen molar-refractivity contribution in [3.8, 4) is 0 Å². The molecule has 1 heterocycles. The predicted octanol–water partition coefficient (Wildman–Crippen LogP) is 3.79. The second-order valence-electron chi connectivity index (χ2n) is 4.00. The molecule has 17 heavy (non-hydrogen) atoms. The average molecular weight is 359 g/mol. The van der Waals surface area contributed by atoms with E-state index < -0.39 is 0 Å². The Balaban J connectivity index is 2.14. The number of hydrogen-bond donors (Lipinski definition) is 1. The van der Waals surface area contributed by atoms with Gasteiger partial charge < -0.3 is 5.73 Å². The Morgan fingerprint density at radius 1 is 1.29 bits per heavy atom. The Bertz CT molecular complexity index is 505. The smallest absolute Gasteiger partial charge is 0.136 e. The van der Waals surface area contributed by atoms with E-state index in [0.717, 1.165) is 15.4 Å². The van der Waals surface area contributed by atoms with Gasteiger partial charge in [-0.2, -0.15) is 5.10 Å². The fraction of sp³-hybridized carbons (Fsp3) is 0.250. The summed E-state index contributed by atoms with van der Waals surface area (Å²) in [6.07, 6.45) is 2.64. The van der Waals surface area contributed by atoms with Crippen molar-refractivity contribution in [1.29, 1.82) is 0 Å². The van der Waals surface area contributed by atoms with Crippen LogP contribution in [0, 0.1) is 0 Å². The highest BCUT2D eigenvalue weighted by Gasteiger charge is 2.12. The zero-order valence-electron chi connectivity index (χ0n) is 9.40. The molecule has 1 unspecified atom stereocenters. The molecule has 0 radical (unpaired) electrons. The first-order chi connectivity index (χ1) is 8.08. The molecule has 0 bridgehead atoms. The molecule has 2 rings (SSSR count). The monoisotopic (exact) mass is 357 g/mol. The van der Waals surface area contributed by atoms with Gasteiger partial charge in [0.1, 0.15) is 5.82 Å². The minimum atomic E-state index is 0.238. The summed E-state index contributed by atoms with van der Waals surface area (Å²) in [7, 11) is 0. The van der Waals surface area contributed by atoms with E-state index in [2.05, 4.69) is 56.0 Å². The van der Waals surface area contributed by atoms with Crippen LogP contribution in [0.3, 0.4) is 0 Å². The van der Waals surface area contributed by atoms with Crippen molar-refractivity contribution in [1.82, 2.24) is 9.78 Å². The predicted molar refractivity (Wildman–Crippen MR) is 76.9 cm³/mol. The molecule has 0 spiro atoms. The first-order valence-electron chi connectivity index (χ1n) is 5.31. The van der Waals surface area contributed by atoms with Crippen molar-refractivity contribution in [2.24, 2.45) is 0 Å². The number of nitrogens with zero attached hydrogens (tertiary/aromatic N) is 2. The molecule has 0 amide bonds. The third-order valence-corrected chi connectivity index (χ3v) is 3.79. The molecule has 0 saturated heterocycles. The zero-order valence-corrected chi connectivity index (χ0v) is 12.6. The SMILES string of the molecule is CC(Cc1ccc(Br)cc1)n1ncc(Br)c1N. The molecule has 2 aromatic rings. The van der Waals surface area contributed by atoms with E-state index in [1.54, 1.807) is 6.20 Å². The summed E-state index contributed by atoms with van der Waals surface area (Å²) in [5.41, 5.74) is 7.20. The maximum Gasteiger partial charge on any atom is 0.136 e. The highest BCUT2D eigenvalue weighted by Crippen LogP contribution is 2.24. The first kappa shape index (κ1) is 12.6. The van der Waals surface area contributed by atoms with Crippen LogP contribution in [0.25, 0.3) is 0 Å². The van der Waals surface area contributed by atoms with E-state index >= 15 is 0 Å². The van der Waals surface area contributed by atoms with Gasteiger partial charge >= 0.3 is 0 Å². The van der Waals surface area contributed by atoms with Crippen LogP contribution in [0.5, 0.6) is 0 Å². The lowest BCUT2D eigenvalue weighted by Crippen LogP contribution is -2.12. The normalized spacial score (nSPS) is 12.6. The molecule has 0 aliphatic carbocycles. The Morgan fingerprint density at radius 3 is 2.47 bits per heavy atom. The van der Waals surface area contributed by atoms with Gasteiger partial charge in [0.15, 0.2) is 0 Å². The van der Waals surface area contributed by atoms with Crippen LogP contribution in [-0.2, 0) is 6.42 Å². The lowest BCUT2D eigenvalue weighted by atomic mass is 10.1. The van der Waals surface area contributed by atoms with Gasteiger partial charge in [-0.15, -0.1) is 0 Å².